The summed E-state index contributed by atoms with van der Waals surface area (Å²) in [7, 11) is 0. The summed E-state index contributed by atoms with van der Waals surface area (Å²) < 4.78 is 0. The molecule has 1 amide bonds. The lowest BCUT2D eigenvalue weighted by molar-refractivity contribution is -0.384. The van der Waals surface area contributed by atoms with Gasteiger partial charge in [0.05, 0.1) is 10.3 Å². The lowest BCUT2D eigenvalue weighted by Crippen LogP contribution is -2.56. The number of nitro groups is 1. The molecule has 2 fully saturated rings. The van der Waals surface area contributed by atoms with E-state index in [2.05, 4.69) is 5.32 Å². The number of hydrogen-bond donors (Lipinski definition) is 2. The normalized spacial score (nSPS) is 28.0. The second kappa shape index (κ2) is 7.92. The first kappa shape index (κ1) is 20.6. The highest BCUT2D eigenvalue weighted by atomic mass is 35.5. The SMILES string of the molecule is CC(C)(C(=O)NC1C2CCCC1CC(N)C2)c1ccc([N+](=O)[O-])cc1.Cl. The maximum absolute atomic E-state index is 13.0. The Labute approximate surface area is 160 Å². The zero-order chi connectivity index (χ0) is 18.2. The van der Waals surface area contributed by atoms with E-state index in [0.717, 1.165) is 31.2 Å². The van der Waals surface area contributed by atoms with E-state index in [4.69, 9.17) is 5.73 Å². The second-order valence-electron chi connectivity index (χ2n) is 8.11. The van der Waals surface area contributed by atoms with Gasteiger partial charge in [-0.3, -0.25) is 14.9 Å². The van der Waals surface area contributed by atoms with Gasteiger partial charge >= 0.3 is 0 Å². The number of halogens is 1. The van der Waals surface area contributed by atoms with Crippen molar-refractivity contribution >= 4 is 24.0 Å². The molecule has 0 spiro atoms. The zero-order valence-corrected chi connectivity index (χ0v) is 16.1. The molecule has 26 heavy (non-hydrogen) atoms. The summed E-state index contributed by atoms with van der Waals surface area (Å²) in [4.78, 5) is 23.4. The van der Waals surface area contributed by atoms with E-state index in [-0.39, 0.29) is 36.1 Å². The standard InChI is InChI=1S/C19H27N3O3.ClH/c1-19(2,14-6-8-16(9-7-14)22(24)25)18(23)21-17-12-4-3-5-13(17)11-15(20)10-12;/h6-9,12-13,15,17H,3-5,10-11,20H2,1-2H3,(H,21,23);1H. The van der Waals surface area contributed by atoms with Gasteiger partial charge in [-0.25, -0.2) is 0 Å². The van der Waals surface area contributed by atoms with Crippen molar-refractivity contribution < 1.29 is 9.72 Å². The van der Waals surface area contributed by atoms with Crippen molar-refractivity contribution in [3.63, 3.8) is 0 Å². The molecule has 144 valence electrons. The van der Waals surface area contributed by atoms with Crippen LogP contribution >= 0.6 is 12.4 Å². The van der Waals surface area contributed by atoms with Crippen molar-refractivity contribution in [2.45, 2.75) is 63.5 Å². The van der Waals surface area contributed by atoms with Crippen LogP contribution in [0.5, 0.6) is 0 Å². The number of rotatable bonds is 4. The summed E-state index contributed by atoms with van der Waals surface area (Å²) in [6, 6.07) is 6.73. The maximum Gasteiger partial charge on any atom is 0.269 e. The van der Waals surface area contributed by atoms with E-state index in [9.17, 15) is 14.9 Å². The fraction of sp³-hybridized carbons (Fsp3) is 0.632. The molecule has 0 radical (unpaired) electrons. The summed E-state index contributed by atoms with van der Waals surface area (Å²) >= 11 is 0. The number of amides is 1. The van der Waals surface area contributed by atoms with Crippen LogP contribution in [0.15, 0.2) is 24.3 Å². The average molecular weight is 382 g/mol. The highest BCUT2D eigenvalue weighted by Gasteiger charge is 2.42. The smallest absolute Gasteiger partial charge is 0.269 e. The Kier molecular flexibility index (Phi) is 6.29. The Morgan fingerprint density at radius 2 is 1.73 bits per heavy atom. The van der Waals surface area contributed by atoms with Crippen molar-refractivity contribution in [2.24, 2.45) is 17.6 Å². The summed E-state index contributed by atoms with van der Waals surface area (Å²) in [6.07, 6.45) is 5.46. The Balaban J connectivity index is 0.00000243. The van der Waals surface area contributed by atoms with Gasteiger partial charge in [-0.1, -0.05) is 18.6 Å². The van der Waals surface area contributed by atoms with Gasteiger partial charge in [-0.2, -0.15) is 0 Å². The van der Waals surface area contributed by atoms with Gasteiger partial charge in [0.25, 0.3) is 5.69 Å². The Morgan fingerprint density at radius 1 is 1.19 bits per heavy atom. The molecule has 2 unspecified atom stereocenters. The van der Waals surface area contributed by atoms with E-state index in [1.54, 1.807) is 12.1 Å². The van der Waals surface area contributed by atoms with E-state index in [0.29, 0.717) is 11.8 Å². The third-order valence-corrected chi connectivity index (χ3v) is 6.04. The van der Waals surface area contributed by atoms with E-state index in [1.165, 1.54) is 18.6 Å². The molecule has 2 bridgehead atoms. The predicted octanol–water partition coefficient (Wildman–Crippen LogP) is 3.32. The fourth-order valence-corrected chi connectivity index (χ4v) is 4.49. The molecular formula is C19H28ClN3O3. The van der Waals surface area contributed by atoms with E-state index in [1.807, 2.05) is 13.8 Å². The van der Waals surface area contributed by atoms with Crippen molar-refractivity contribution in [3.8, 4) is 0 Å². The maximum atomic E-state index is 13.0. The van der Waals surface area contributed by atoms with Gasteiger partial charge in [-0.05, 0) is 56.9 Å². The van der Waals surface area contributed by atoms with Crippen molar-refractivity contribution in [2.75, 3.05) is 0 Å². The minimum atomic E-state index is -0.733. The molecule has 2 aliphatic carbocycles. The van der Waals surface area contributed by atoms with Crippen molar-refractivity contribution in [3.05, 3.63) is 39.9 Å². The molecule has 6 nitrogen and oxygen atoms in total. The van der Waals surface area contributed by atoms with Crippen molar-refractivity contribution in [1.29, 1.82) is 0 Å². The molecule has 2 atom stereocenters. The largest absolute Gasteiger partial charge is 0.352 e. The number of nitrogens with zero attached hydrogens (tertiary/aromatic N) is 1. The number of fused-ring (bicyclic) bond motifs is 2. The molecule has 1 aromatic rings. The molecule has 3 N–H and O–H groups in total. The summed E-state index contributed by atoms with van der Waals surface area (Å²) in [6.45, 7) is 3.74. The van der Waals surface area contributed by atoms with E-state index < -0.39 is 10.3 Å². The van der Waals surface area contributed by atoms with Crippen LogP contribution in [0.2, 0.25) is 0 Å². The number of benzene rings is 1. The van der Waals surface area contributed by atoms with Gasteiger partial charge in [0.1, 0.15) is 0 Å². The third kappa shape index (κ3) is 4.01. The lowest BCUT2D eigenvalue weighted by atomic mass is 9.66. The van der Waals surface area contributed by atoms with E-state index >= 15 is 0 Å². The number of carbonyl (C=O) groups excluding carboxylic acids is 1. The first-order chi connectivity index (χ1) is 11.8. The van der Waals surface area contributed by atoms with Gasteiger partial charge in [0.2, 0.25) is 5.91 Å². The molecule has 7 heteroatoms. The van der Waals surface area contributed by atoms with Crippen molar-refractivity contribution in [1.82, 2.24) is 5.32 Å². The molecule has 1 aromatic carbocycles. The summed E-state index contributed by atoms with van der Waals surface area (Å²) in [5, 5.41) is 14.1. The Morgan fingerprint density at radius 3 is 2.23 bits per heavy atom. The molecule has 0 saturated heterocycles. The van der Waals surface area contributed by atoms with Crippen LogP contribution in [-0.4, -0.2) is 22.9 Å². The van der Waals surface area contributed by atoms with Crippen LogP contribution in [0, 0.1) is 22.0 Å². The van der Waals surface area contributed by atoms with Crippen LogP contribution < -0.4 is 11.1 Å². The molecule has 3 rings (SSSR count). The number of carbonyl (C=O) groups is 1. The first-order valence-corrected chi connectivity index (χ1v) is 9.10. The molecule has 0 heterocycles. The molecule has 0 aromatic heterocycles. The number of nitrogens with one attached hydrogen (secondary N) is 1. The first-order valence-electron chi connectivity index (χ1n) is 9.10. The Hall–Kier alpha value is -1.66. The predicted molar refractivity (Wildman–Crippen MR) is 103 cm³/mol. The lowest BCUT2D eigenvalue weighted by Gasteiger charge is -2.46. The number of nitro benzene ring substituents is 1. The molecule has 2 saturated carbocycles. The van der Waals surface area contributed by atoms with Gasteiger partial charge in [-0.15, -0.1) is 12.4 Å². The molecular weight excluding hydrogens is 354 g/mol. The average Bonchev–Trinajstić information content (AvgIpc) is 2.55. The highest BCUT2D eigenvalue weighted by molar-refractivity contribution is 5.87. The van der Waals surface area contributed by atoms with Gasteiger partial charge in [0, 0.05) is 24.2 Å². The van der Waals surface area contributed by atoms with Crippen LogP contribution in [0.1, 0.15) is 51.5 Å². The molecule has 0 aliphatic heterocycles. The van der Waals surface area contributed by atoms with Crippen LogP contribution in [0.25, 0.3) is 0 Å². The fourth-order valence-electron chi connectivity index (χ4n) is 4.49. The van der Waals surface area contributed by atoms with Crippen LogP contribution in [0.4, 0.5) is 5.69 Å². The monoisotopic (exact) mass is 381 g/mol. The number of hydrogen-bond acceptors (Lipinski definition) is 4. The number of non-ortho nitro benzene ring substituents is 1. The topological polar surface area (TPSA) is 98.3 Å². The minimum Gasteiger partial charge on any atom is -0.352 e. The van der Waals surface area contributed by atoms with Gasteiger partial charge < -0.3 is 11.1 Å². The highest BCUT2D eigenvalue weighted by Crippen LogP contribution is 2.40. The second-order valence-corrected chi connectivity index (χ2v) is 8.11. The zero-order valence-electron chi connectivity index (χ0n) is 15.3. The quantitative estimate of drug-likeness (QED) is 0.617. The van der Waals surface area contributed by atoms with Crippen LogP contribution in [-0.2, 0) is 10.2 Å². The third-order valence-electron chi connectivity index (χ3n) is 6.04. The van der Waals surface area contributed by atoms with Gasteiger partial charge in [0.15, 0.2) is 0 Å². The number of nitrogens with two attached hydrogens (primary N) is 1. The Bertz CT molecular complexity index is 648. The summed E-state index contributed by atoms with van der Waals surface area (Å²) in [5.74, 6) is 0.928. The minimum absolute atomic E-state index is 0. The van der Waals surface area contributed by atoms with Crippen LogP contribution in [0.3, 0.4) is 0 Å². The summed E-state index contributed by atoms with van der Waals surface area (Å²) in [5.41, 5.74) is 6.26. The molecule has 2 aliphatic rings.